The van der Waals surface area contributed by atoms with Gasteiger partial charge in [0.1, 0.15) is 5.54 Å². The fraction of sp³-hybridized carbons (Fsp3) is 0.476. The molecule has 0 bridgehead atoms. The van der Waals surface area contributed by atoms with Crippen molar-refractivity contribution in [2.75, 3.05) is 13.1 Å². The molecule has 1 aromatic carbocycles. The number of nitrogens with zero attached hydrogens (tertiary/aromatic N) is 4. The Morgan fingerprint density at radius 3 is 2.53 bits per heavy atom. The summed E-state index contributed by atoms with van der Waals surface area (Å²) in [7, 11) is 0. The van der Waals surface area contributed by atoms with E-state index < -0.39 is 10.5 Å². The smallest absolute Gasteiger partial charge is 0.269 e. The van der Waals surface area contributed by atoms with Gasteiger partial charge in [-0.25, -0.2) is 0 Å². The quantitative estimate of drug-likeness (QED) is 0.380. The number of aromatic nitrogens is 2. The summed E-state index contributed by atoms with van der Waals surface area (Å²) in [5.74, 6) is 0.820. The third kappa shape index (κ3) is 5.10. The molecule has 9 nitrogen and oxygen atoms in total. The van der Waals surface area contributed by atoms with Crippen LogP contribution in [0.5, 0.6) is 0 Å². The van der Waals surface area contributed by atoms with Crippen LogP contribution in [0.15, 0.2) is 34.9 Å². The molecule has 1 N–H and O–H groups in total. The van der Waals surface area contributed by atoms with E-state index in [1.54, 1.807) is 18.2 Å². The summed E-state index contributed by atoms with van der Waals surface area (Å²) in [6.07, 6.45) is 6.53. The SMILES string of the molecule is CCN(CC)Cc1nc(C2(NC(=O)C=Cc3ccc([N+](=O)[O-])cc3)CCCC2)no1. The van der Waals surface area contributed by atoms with Crippen LogP contribution in [0.1, 0.15) is 56.8 Å². The lowest BCUT2D eigenvalue weighted by molar-refractivity contribution is -0.384. The van der Waals surface area contributed by atoms with Crippen LogP contribution in [0, 0.1) is 10.1 Å². The van der Waals surface area contributed by atoms with E-state index in [2.05, 4.69) is 34.2 Å². The second kappa shape index (κ2) is 9.62. The first kappa shape index (κ1) is 21.6. The lowest BCUT2D eigenvalue weighted by Crippen LogP contribution is -2.44. The normalized spacial score (nSPS) is 15.7. The lowest BCUT2D eigenvalue weighted by Gasteiger charge is -2.26. The Hall–Kier alpha value is -3.07. The minimum Gasteiger partial charge on any atom is -0.340 e. The number of carbonyl (C=O) groups excluding carboxylic acids is 1. The summed E-state index contributed by atoms with van der Waals surface area (Å²) in [4.78, 5) is 29.6. The first-order valence-electron chi connectivity index (χ1n) is 10.3. The summed E-state index contributed by atoms with van der Waals surface area (Å²) < 4.78 is 5.45. The molecule has 1 heterocycles. The maximum absolute atomic E-state index is 12.6. The molecular weight excluding hydrogens is 386 g/mol. The molecule has 2 aromatic rings. The number of carbonyl (C=O) groups is 1. The number of nitrogens with one attached hydrogen (secondary N) is 1. The Morgan fingerprint density at radius 2 is 1.93 bits per heavy atom. The molecule has 30 heavy (non-hydrogen) atoms. The molecule has 1 saturated carbocycles. The topological polar surface area (TPSA) is 114 Å². The largest absolute Gasteiger partial charge is 0.340 e. The standard InChI is InChI=1S/C21H27N5O4/c1-3-25(4-2)15-19-22-20(24-30-19)21(13-5-6-14-21)23-18(27)12-9-16-7-10-17(11-8-16)26(28)29/h7-12H,3-6,13-15H2,1-2H3,(H,23,27). The van der Waals surface area contributed by atoms with E-state index in [4.69, 9.17) is 4.52 Å². The second-order valence-electron chi connectivity index (χ2n) is 7.43. The number of amides is 1. The van der Waals surface area contributed by atoms with Crippen molar-refractivity contribution in [2.24, 2.45) is 0 Å². The third-order valence-electron chi connectivity index (χ3n) is 5.50. The van der Waals surface area contributed by atoms with Gasteiger partial charge in [-0.1, -0.05) is 31.8 Å². The van der Waals surface area contributed by atoms with Gasteiger partial charge in [0.25, 0.3) is 5.69 Å². The molecule has 9 heteroatoms. The van der Waals surface area contributed by atoms with E-state index in [-0.39, 0.29) is 11.6 Å². The van der Waals surface area contributed by atoms with E-state index in [0.29, 0.717) is 23.8 Å². The zero-order valence-corrected chi connectivity index (χ0v) is 17.3. The van der Waals surface area contributed by atoms with Crippen LogP contribution in [0.25, 0.3) is 6.08 Å². The number of non-ortho nitro benzene ring substituents is 1. The van der Waals surface area contributed by atoms with E-state index in [1.165, 1.54) is 18.2 Å². The first-order valence-corrected chi connectivity index (χ1v) is 10.3. The number of nitro groups is 1. The molecule has 1 aliphatic carbocycles. The minimum atomic E-state index is -0.623. The average Bonchev–Trinajstić information content (AvgIpc) is 3.41. The predicted octanol–water partition coefficient (Wildman–Crippen LogP) is 3.42. The summed E-state index contributed by atoms with van der Waals surface area (Å²) in [6, 6.07) is 6.03. The number of hydrogen-bond acceptors (Lipinski definition) is 7. The molecule has 0 aliphatic heterocycles. The highest BCUT2D eigenvalue weighted by Gasteiger charge is 2.41. The fourth-order valence-corrected chi connectivity index (χ4v) is 3.69. The first-order chi connectivity index (χ1) is 14.5. The van der Waals surface area contributed by atoms with Crippen molar-refractivity contribution in [3.8, 4) is 0 Å². The molecule has 3 rings (SSSR count). The van der Waals surface area contributed by atoms with Crippen molar-refractivity contribution in [2.45, 2.75) is 51.6 Å². The summed E-state index contributed by atoms with van der Waals surface area (Å²) >= 11 is 0. The van der Waals surface area contributed by atoms with Gasteiger partial charge in [-0.3, -0.25) is 19.8 Å². The number of rotatable bonds is 9. The monoisotopic (exact) mass is 413 g/mol. The Balaban J connectivity index is 1.69. The third-order valence-corrected chi connectivity index (χ3v) is 5.50. The molecule has 1 aliphatic rings. The number of hydrogen-bond donors (Lipinski definition) is 1. The van der Waals surface area contributed by atoms with Gasteiger partial charge in [-0.05, 0) is 49.7 Å². The highest BCUT2D eigenvalue weighted by molar-refractivity contribution is 5.92. The van der Waals surface area contributed by atoms with Gasteiger partial charge in [0.2, 0.25) is 11.8 Å². The Bertz CT molecular complexity index is 896. The molecule has 1 aromatic heterocycles. The number of nitro benzene ring substituents is 1. The van der Waals surface area contributed by atoms with Gasteiger partial charge in [-0.15, -0.1) is 0 Å². The maximum Gasteiger partial charge on any atom is 0.269 e. The van der Waals surface area contributed by atoms with Crippen LogP contribution < -0.4 is 5.32 Å². The average molecular weight is 413 g/mol. The van der Waals surface area contributed by atoms with Crippen molar-refractivity contribution in [3.63, 3.8) is 0 Å². The van der Waals surface area contributed by atoms with Gasteiger partial charge < -0.3 is 9.84 Å². The van der Waals surface area contributed by atoms with Crippen LogP contribution in [0.2, 0.25) is 0 Å². The van der Waals surface area contributed by atoms with Crippen molar-refractivity contribution in [1.29, 1.82) is 0 Å². The van der Waals surface area contributed by atoms with Crippen LogP contribution in [0.3, 0.4) is 0 Å². The molecule has 1 fully saturated rings. The molecule has 160 valence electrons. The van der Waals surface area contributed by atoms with Gasteiger partial charge in [0.05, 0.1) is 11.5 Å². The minimum absolute atomic E-state index is 0.0131. The van der Waals surface area contributed by atoms with E-state index >= 15 is 0 Å². The maximum atomic E-state index is 12.6. The predicted molar refractivity (Wildman–Crippen MR) is 111 cm³/mol. The summed E-state index contributed by atoms with van der Waals surface area (Å²) in [5.41, 5.74) is 0.0958. The van der Waals surface area contributed by atoms with Crippen molar-refractivity contribution >= 4 is 17.7 Å². The van der Waals surface area contributed by atoms with Gasteiger partial charge in [0, 0.05) is 18.2 Å². The van der Waals surface area contributed by atoms with E-state index in [1.807, 2.05) is 0 Å². The summed E-state index contributed by atoms with van der Waals surface area (Å²) in [5, 5.41) is 18.0. The Labute approximate surface area is 175 Å². The van der Waals surface area contributed by atoms with Crippen LogP contribution in [-0.4, -0.2) is 39.0 Å². The van der Waals surface area contributed by atoms with Crippen LogP contribution in [0.4, 0.5) is 5.69 Å². The molecule has 1 amide bonds. The number of benzene rings is 1. The Kier molecular flexibility index (Phi) is 6.94. The van der Waals surface area contributed by atoms with Gasteiger partial charge in [0.15, 0.2) is 5.82 Å². The zero-order valence-electron chi connectivity index (χ0n) is 17.3. The van der Waals surface area contributed by atoms with Crippen molar-refractivity contribution in [3.05, 3.63) is 57.7 Å². The summed E-state index contributed by atoms with van der Waals surface area (Å²) in [6.45, 7) is 6.53. The van der Waals surface area contributed by atoms with E-state index in [9.17, 15) is 14.9 Å². The molecule has 0 atom stereocenters. The highest BCUT2D eigenvalue weighted by Crippen LogP contribution is 2.37. The molecule has 0 spiro atoms. The van der Waals surface area contributed by atoms with Gasteiger partial charge >= 0.3 is 0 Å². The lowest BCUT2D eigenvalue weighted by atomic mass is 9.96. The highest BCUT2D eigenvalue weighted by atomic mass is 16.6. The van der Waals surface area contributed by atoms with Crippen molar-refractivity contribution in [1.82, 2.24) is 20.4 Å². The molecular formula is C21H27N5O4. The molecule has 0 radical (unpaired) electrons. The molecule has 0 saturated heterocycles. The van der Waals surface area contributed by atoms with Crippen molar-refractivity contribution < 1.29 is 14.2 Å². The second-order valence-corrected chi connectivity index (χ2v) is 7.43. The molecule has 0 unspecified atom stereocenters. The van der Waals surface area contributed by atoms with E-state index in [0.717, 1.165) is 38.8 Å². The van der Waals surface area contributed by atoms with Crippen LogP contribution in [-0.2, 0) is 16.9 Å². The Morgan fingerprint density at radius 1 is 1.27 bits per heavy atom. The fourth-order valence-electron chi connectivity index (χ4n) is 3.69. The zero-order chi connectivity index (χ0) is 21.6. The van der Waals surface area contributed by atoms with Gasteiger partial charge in [-0.2, -0.15) is 4.98 Å². The van der Waals surface area contributed by atoms with Crippen LogP contribution >= 0.6 is 0 Å².